The molecule has 0 amide bonds. The monoisotopic (exact) mass is 186 g/mol. The lowest BCUT2D eigenvalue weighted by Gasteiger charge is -2.01. The van der Waals surface area contributed by atoms with Crippen LogP contribution in [0.15, 0.2) is 43.0 Å². The van der Waals surface area contributed by atoms with Gasteiger partial charge in [-0.25, -0.2) is 4.98 Å². The van der Waals surface area contributed by atoms with Gasteiger partial charge < -0.3 is 0 Å². The molecular weight excluding hydrogens is 176 g/mol. The van der Waals surface area contributed by atoms with Gasteiger partial charge in [0.05, 0.1) is 0 Å². The van der Waals surface area contributed by atoms with Crippen molar-refractivity contribution in [1.82, 2.24) is 9.55 Å². The highest BCUT2D eigenvalue weighted by Gasteiger charge is 2.06. The first kappa shape index (κ1) is 8.69. The predicted octanol–water partition coefficient (Wildman–Crippen LogP) is 1.88. The molecule has 0 radical (unpaired) electrons. The van der Waals surface area contributed by atoms with Crippen LogP contribution in [0.3, 0.4) is 0 Å². The van der Waals surface area contributed by atoms with Crippen molar-refractivity contribution >= 4 is 5.91 Å². The molecule has 14 heavy (non-hydrogen) atoms. The van der Waals surface area contributed by atoms with Crippen LogP contribution in [0.5, 0.6) is 0 Å². The number of hydrogen-bond acceptors (Lipinski definition) is 2. The van der Waals surface area contributed by atoms with Gasteiger partial charge in [-0.05, 0) is 19.1 Å². The van der Waals surface area contributed by atoms with Crippen LogP contribution in [0.2, 0.25) is 0 Å². The molecule has 70 valence electrons. The van der Waals surface area contributed by atoms with Crippen LogP contribution in [0.25, 0.3) is 0 Å². The van der Waals surface area contributed by atoms with Gasteiger partial charge in [-0.15, -0.1) is 0 Å². The molecule has 0 aliphatic rings. The van der Waals surface area contributed by atoms with Gasteiger partial charge in [-0.3, -0.25) is 9.36 Å². The third-order valence-electron chi connectivity index (χ3n) is 2.00. The number of imidazole rings is 1. The minimum atomic E-state index is -0.0498. The molecule has 2 aromatic rings. The van der Waals surface area contributed by atoms with E-state index in [-0.39, 0.29) is 5.91 Å². The van der Waals surface area contributed by atoms with Gasteiger partial charge in [0, 0.05) is 18.0 Å². The highest BCUT2D eigenvalue weighted by molar-refractivity contribution is 5.95. The van der Waals surface area contributed by atoms with Crippen molar-refractivity contribution in [2.75, 3.05) is 0 Å². The molecule has 0 spiro atoms. The first-order valence-corrected chi connectivity index (χ1v) is 4.37. The van der Waals surface area contributed by atoms with Crippen LogP contribution in [0.4, 0.5) is 0 Å². The van der Waals surface area contributed by atoms with Gasteiger partial charge in [0.1, 0.15) is 6.33 Å². The van der Waals surface area contributed by atoms with Crippen molar-refractivity contribution in [3.63, 3.8) is 0 Å². The summed E-state index contributed by atoms with van der Waals surface area (Å²) in [5.74, 6) is -0.0498. The van der Waals surface area contributed by atoms with E-state index in [1.807, 2.05) is 25.1 Å². The molecule has 1 heterocycles. The zero-order valence-corrected chi connectivity index (χ0v) is 7.84. The summed E-state index contributed by atoms with van der Waals surface area (Å²) in [6, 6.07) is 7.50. The summed E-state index contributed by atoms with van der Waals surface area (Å²) >= 11 is 0. The molecule has 0 saturated carbocycles. The number of nitrogens with zero attached hydrogens (tertiary/aromatic N) is 2. The molecule has 0 aliphatic heterocycles. The Morgan fingerprint density at radius 2 is 2.29 bits per heavy atom. The van der Waals surface area contributed by atoms with E-state index in [9.17, 15) is 4.79 Å². The van der Waals surface area contributed by atoms with Gasteiger partial charge in [-0.1, -0.05) is 17.7 Å². The minimum absolute atomic E-state index is 0.0498. The average Bonchev–Trinajstić information content (AvgIpc) is 2.69. The standard InChI is InChI=1S/C11H10N2O/c1-9-3-2-4-10(7-9)11(14)13-6-5-12-8-13/h2-8H,1H3. The van der Waals surface area contributed by atoms with Gasteiger partial charge in [0.15, 0.2) is 0 Å². The normalized spacial score (nSPS) is 10.1. The summed E-state index contributed by atoms with van der Waals surface area (Å²) in [5.41, 5.74) is 1.76. The second-order valence-electron chi connectivity index (χ2n) is 3.14. The van der Waals surface area contributed by atoms with Crippen LogP contribution >= 0.6 is 0 Å². The van der Waals surface area contributed by atoms with Crippen LogP contribution in [0, 0.1) is 6.92 Å². The third-order valence-corrected chi connectivity index (χ3v) is 2.00. The van der Waals surface area contributed by atoms with E-state index >= 15 is 0 Å². The first-order chi connectivity index (χ1) is 6.77. The fourth-order valence-electron chi connectivity index (χ4n) is 1.31. The molecule has 2 rings (SSSR count). The number of carbonyl (C=O) groups is 1. The van der Waals surface area contributed by atoms with Crippen LogP contribution in [0.1, 0.15) is 15.9 Å². The molecule has 3 nitrogen and oxygen atoms in total. The van der Waals surface area contributed by atoms with E-state index in [2.05, 4.69) is 4.98 Å². The van der Waals surface area contributed by atoms with E-state index in [1.165, 1.54) is 10.9 Å². The first-order valence-electron chi connectivity index (χ1n) is 4.37. The lowest BCUT2D eigenvalue weighted by Crippen LogP contribution is -2.09. The summed E-state index contributed by atoms with van der Waals surface area (Å²) in [6.07, 6.45) is 4.74. The van der Waals surface area contributed by atoms with E-state index in [1.54, 1.807) is 18.5 Å². The molecule has 1 aromatic heterocycles. The Bertz CT molecular complexity index is 446. The summed E-state index contributed by atoms with van der Waals surface area (Å²) < 4.78 is 1.47. The number of aromatic nitrogens is 2. The highest BCUT2D eigenvalue weighted by Crippen LogP contribution is 2.05. The SMILES string of the molecule is Cc1cccc(C(=O)n2ccnc2)c1. The number of benzene rings is 1. The second kappa shape index (κ2) is 3.46. The maximum Gasteiger partial charge on any atom is 0.263 e. The third kappa shape index (κ3) is 1.57. The maximum absolute atomic E-state index is 11.8. The van der Waals surface area contributed by atoms with Crippen molar-refractivity contribution in [2.45, 2.75) is 6.92 Å². The Kier molecular flexibility index (Phi) is 2.14. The number of carbonyl (C=O) groups excluding carboxylic acids is 1. The molecule has 0 N–H and O–H groups in total. The molecule has 0 unspecified atom stereocenters. The van der Waals surface area contributed by atoms with Crippen molar-refractivity contribution < 1.29 is 4.79 Å². The predicted molar refractivity (Wildman–Crippen MR) is 53.1 cm³/mol. The van der Waals surface area contributed by atoms with Crippen LogP contribution in [-0.2, 0) is 0 Å². The average molecular weight is 186 g/mol. The van der Waals surface area contributed by atoms with Crippen molar-refractivity contribution in [1.29, 1.82) is 0 Å². The fourth-order valence-corrected chi connectivity index (χ4v) is 1.31. The Hall–Kier alpha value is -1.90. The lowest BCUT2D eigenvalue weighted by molar-refractivity contribution is 0.0959. The Morgan fingerprint density at radius 3 is 2.93 bits per heavy atom. The smallest absolute Gasteiger partial charge is 0.263 e. The van der Waals surface area contributed by atoms with Crippen molar-refractivity contribution in [3.8, 4) is 0 Å². The van der Waals surface area contributed by atoms with Gasteiger partial charge in [0.2, 0.25) is 0 Å². The molecule has 1 aromatic carbocycles. The van der Waals surface area contributed by atoms with E-state index in [0.717, 1.165) is 5.56 Å². The lowest BCUT2D eigenvalue weighted by atomic mass is 10.1. The Morgan fingerprint density at radius 1 is 1.43 bits per heavy atom. The molecule has 0 bridgehead atoms. The fraction of sp³-hybridized carbons (Fsp3) is 0.0909. The number of hydrogen-bond donors (Lipinski definition) is 0. The molecular formula is C11H10N2O. The molecule has 0 fully saturated rings. The van der Waals surface area contributed by atoms with Gasteiger partial charge in [0.25, 0.3) is 5.91 Å². The minimum Gasteiger partial charge on any atom is -0.272 e. The van der Waals surface area contributed by atoms with Crippen LogP contribution in [-0.4, -0.2) is 15.5 Å². The summed E-state index contributed by atoms with van der Waals surface area (Å²) in [7, 11) is 0. The summed E-state index contributed by atoms with van der Waals surface area (Å²) in [5, 5.41) is 0. The summed E-state index contributed by atoms with van der Waals surface area (Å²) in [6.45, 7) is 1.96. The number of aryl methyl sites for hydroxylation is 1. The molecule has 0 atom stereocenters. The van der Waals surface area contributed by atoms with Crippen LogP contribution < -0.4 is 0 Å². The molecule has 0 aliphatic carbocycles. The second-order valence-corrected chi connectivity index (χ2v) is 3.14. The largest absolute Gasteiger partial charge is 0.272 e. The maximum atomic E-state index is 11.8. The molecule has 0 saturated heterocycles. The number of rotatable bonds is 1. The topological polar surface area (TPSA) is 34.9 Å². The van der Waals surface area contributed by atoms with Gasteiger partial charge in [-0.2, -0.15) is 0 Å². The van der Waals surface area contributed by atoms with E-state index < -0.39 is 0 Å². The highest BCUT2D eigenvalue weighted by atomic mass is 16.2. The van der Waals surface area contributed by atoms with E-state index in [0.29, 0.717) is 5.56 Å². The summed E-state index contributed by atoms with van der Waals surface area (Å²) in [4.78, 5) is 15.6. The van der Waals surface area contributed by atoms with Gasteiger partial charge >= 0.3 is 0 Å². The molecule has 3 heteroatoms. The Balaban J connectivity index is 2.37. The van der Waals surface area contributed by atoms with E-state index in [4.69, 9.17) is 0 Å². The zero-order chi connectivity index (χ0) is 9.97. The van der Waals surface area contributed by atoms with Crippen molar-refractivity contribution in [3.05, 3.63) is 54.1 Å². The Labute approximate surface area is 82.0 Å². The zero-order valence-electron chi connectivity index (χ0n) is 7.84. The quantitative estimate of drug-likeness (QED) is 0.681. The van der Waals surface area contributed by atoms with Crippen molar-refractivity contribution in [2.24, 2.45) is 0 Å².